The Balaban J connectivity index is 2.95. The van der Waals surface area contributed by atoms with Crippen molar-refractivity contribution >= 4 is 17.3 Å². The molecular formula is C13H16ClN3O3. The largest absolute Gasteiger partial charge is 0.483 e. The second-order valence-electron chi connectivity index (χ2n) is 4.88. The summed E-state index contributed by atoms with van der Waals surface area (Å²) in [6, 6.07) is 6.46. The third kappa shape index (κ3) is 4.08. The summed E-state index contributed by atoms with van der Waals surface area (Å²) in [6.45, 7) is 5.41. The Labute approximate surface area is 122 Å². The van der Waals surface area contributed by atoms with Gasteiger partial charge < -0.3 is 4.74 Å². The van der Waals surface area contributed by atoms with Gasteiger partial charge in [-0.1, -0.05) is 17.7 Å². The third-order valence-corrected chi connectivity index (χ3v) is 2.80. The SMILES string of the molecule is CC(C)NC(C)(C#N)COc1c(Cl)cccc1[N+](=O)[O-]. The maximum Gasteiger partial charge on any atom is 0.312 e. The average molecular weight is 298 g/mol. The molecule has 1 unspecified atom stereocenters. The van der Waals surface area contributed by atoms with Crippen LogP contribution in [0.25, 0.3) is 0 Å². The fourth-order valence-electron chi connectivity index (χ4n) is 1.74. The van der Waals surface area contributed by atoms with Gasteiger partial charge in [0.2, 0.25) is 5.75 Å². The highest BCUT2D eigenvalue weighted by Crippen LogP contribution is 2.34. The van der Waals surface area contributed by atoms with E-state index in [-0.39, 0.29) is 29.1 Å². The van der Waals surface area contributed by atoms with Crippen molar-refractivity contribution in [3.8, 4) is 11.8 Å². The molecule has 0 fully saturated rings. The summed E-state index contributed by atoms with van der Waals surface area (Å²) < 4.78 is 5.43. The van der Waals surface area contributed by atoms with Gasteiger partial charge in [0.15, 0.2) is 0 Å². The average Bonchev–Trinajstić information content (AvgIpc) is 2.36. The van der Waals surface area contributed by atoms with Crippen molar-refractivity contribution in [1.82, 2.24) is 5.32 Å². The molecule has 0 aliphatic carbocycles. The van der Waals surface area contributed by atoms with E-state index in [9.17, 15) is 15.4 Å². The number of hydrogen-bond acceptors (Lipinski definition) is 5. The zero-order chi connectivity index (χ0) is 15.3. The van der Waals surface area contributed by atoms with E-state index < -0.39 is 10.5 Å². The summed E-state index contributed by atoms with van der Waals surface area (Å²) in [6.07, 6.45) is 0. The Morgan fingerprint density at radius 3 is 2.75 bits per heavy atom. The first-order valence-corrected chi connectivity index (χ1v) is 6.41. The lowest BCUT2D eigenvalue weighted by Crippen LogP contribution is -2.49. The van der Waals surface area contributed by atoms with Crippen LogP contribution in [0.3, 0.4) is 0 Å². The monoisotopic (exact) mass is 297 g/mol. The van der Waals surface area contributed by atoms with Crippen molar-refractivity contribution in [2.75, 3.05) is 6.61 Å². The van der Waals surface area contributed by atoms with Crippen molar-refractivity contribution in [2.45, 2.75) is 32.4 Å². The van der Waals surface area contributed by atoms with Gasteiger partial charge in [-0.3, -0.25) is 15.4 Å². The first kappa shape index (κ1) is 16.2. The minimum atomic E-state index is -0.957. The van der Waals surface area contributed by atoms with E-state index in [1.54, 1.807) is 6.92 Å². The molecule has 0 aliphatic heterocycles. The zero-order valence-electron chi connectivity index (χ0n) is 11.5. The van der Waals surface area contributed by atoms with Crippen LogP contribution in [0.15, 0.2) is 18.2 Å². The van der Waals surface area contributed by atoms with Crippen molar-refractivity contribution in [2.24, 2.45) is 0 Å². The van der Waals surface area contributed by atoms with Crippen molar-refractivity contribution in [3.63, 3.8) is 0 Å². The van der Waals surface area contributed by atoms with Crippen LogP contribution in [0.2, 0.25) is 5.02 Å². The number of halogens is 1. The second-order valence-corrected chi connectivity index (χ2v) is 5.28. The molecule has 1 aromatic rings. The smallest absolute Gasteiger partial charge is 0.312 e. The summed E-state index contributed by atoms with van der Waals surface area (Å²) in [7, 11) is 0. The van der Waals surface area contributed by atoms with E-state index >= 15 is 0 Å². The lowest BCUT2D eigenvalue weighted by Gasteiger charge is -2.25. The highest BCUT2D eigenvalue weighted by molar-refractivity contribution is 6.32. The normalized spacial score (nSPS) is 13.6. The Hall–Kier alpha value is -1.84. The number of nitrogens with zero attached hydrogens (tertiary/aromatic N) is 2. The van der Waals surface area contributed by atoms with Crippen molar-refractivity contribution < 1.29 is 9.66 Å². The summed E-state index contributed by atoms with van der Waals surface area (Å²) in [4.78, 5) is 10.4. The molecule has 0 spiro atoms. The molecule has 1 rings (SSSR count). The molecule has 1 N–H and O–H groups in total. The molecule has 0 amide bonds. The first-order valence-electron chi connectivity index (χ1n) is 6.04. The molecule has 0 aromatic heterocycles. The zero-order valence-corrected chi connectivity index (χ0v) is 12.3. The van der Waals surface area contributed by atoms with E-state index in [1.165, 1.54) is 18.2 Å². The van der Waals surface area contributed by atoms with Crippen LogP contribution in [0, 0.1) is 21.4 Å². The predicted octanol–water partition coefficient (Wildman–Crippen LogP) is 2.91. The topological polar surface area (TPSA) is 88.2 Å². The third-order valence-electron chi connectivity index (χ3n) is 2.50. The molecule has 0 radical (unpaired) electrons. The van der Waals surface area contributed by atoms with Gasteiger partial charge in [0.1, 0.15) is 12.1 Å². The molecule has 6 nitrogen and oxygen atoms in total. The first-order chi connectivity index (χ1) is 9.29. The van der Waals surface area contributed by atoms with Crippen LogP contribution in [0.5, 0.6) is 5.75 Å². The molecular weight excluding hydrogens is 282 g/mol. The predicted molar refractivity (Wildman–Crippen MR) is 75.9 cm³/mol. The van der Waals surface area contributed by atoms with Gasteiger partial charge in [-0.25, -0.2) is 0 Å². The fraction of sp³-hybridized carbons (Fsp3) is 0.462. The van der Waals surface area contributed by atoms with E-state index in [2.05, 4.69) is 11.4 Å². The number of nitro groups is 1. The van der Waals surface area contributed by atoms with Gasteiger partial charge in [0.25, 0.3) is 0 Å². The summed E-state index contributed by atoms with van der Waals surface area (Å²) in [5.74, 6) is -0.0220. The van der Waals surface area contributed by atoms with Crippen molar-refractivity contribution in [3.05, 3.63) is 33.3 Å². The van der Waals surface area contributed by atoms with Gasteiger partial charge in [-0.05, 0) is 26.8 Å². The molecule has 0 heterocycles. The molecule has 20 heavy (non-hydrogen) atoms. The molecule has 0 bridgehead atoms. The number of nitro benzene ring substituents is 1. The Morgan fingerprint density at radius 2 is 2.25 bits per heavy atom. The lowest BCUT2D eigenvalue weighted by molar-refractivity contribution is -0.385. The van der Waals surface area contributed by atoms with Gasteiger partial charge >= 0.3 is 5.69 Å². The van der Waals surface area contributed by atoms with E-state index in [4.69, 9.17) is 16.3 Å². The van der Waals surface area contributed by atoms with E-state index in [0.717, 1.165) is 0 Å². The van der Waals surface area contributed by atoms with Crippen LogP contribution < -0.4 is 10.1 Å². The summed E-state index contributed by atoms with van der Waals surface area (Å²) in [5.41, 5.74) is -1.18. The number of hydrogen-bond donors (Lipinski definition) is 1. The van der Waals surface area contributed by atoms with Gasteiger partial charge in [0.05, 0.1) is 16.0 Å². The number of rotatable bonds is 6. The van der Waals surface area contributed by atoms with E-state index in [0.29, 0.717) is 0 Å². The summed E-state index contributed by atoms with van der Waals surface area (Å²) in [5, 5.41) is 23.3. The van der Waals surface area contributed by atoms with Crippen LogP contribution in [-0.4, -0.2) is 23.1 Å². The van der Waals surface area contributed by atoms with Crippen molar-refractivity contribution in [1.29, 1.82) is 5.26 Å². The highest BCUT2D eigenvalue weighted by Gasteiger charge is 2.28. The van der Waals surface area contributed by atoms with Gasteiger partial charge in [-0.15, -0.1) is 0 Å². The lowest BCUT2D eigenvalue weighted by atomic mass is 10.1. The molecule has 0 aliphatic rings. The fourth-order valence-corrected chi connectivity index (χ4v) is 1.97. The maximum absolute atomic E-state index is 10.9. The van der Waals surface area contributed by atoms with Crippen LogP contribution in [0.4, 0.5) is 5.69 Å². The quantitative estimate of drug-likeness (QED) is 0.644. The molecule has 0 saturated carbocycles. The van der Waals surface area contributed by atoms with Crippen LogP contribution >= 0.6 is 11.6 Å². The Morgan fingerprint density at radius 1 is 1.60 bits per heavy atom. The van der Waals surface area contributed by atoms with Gasteiger partial charge in [0, 0.05) is 12.1 Å². The molecule has 108 valence electrons. The number of ether oxygens (including phenoxy) is 1. The second kappa shape index (κ2) is 6.55. The number of para-hydroxylation sites is 1. The van der Waals surface area contributed by atoms with E-state index in [1.807, 2.05) is 13.8 Å². The minimum Gasteiger partial charge on any atom is -0.483 e. The minimum absolute atomic E-state index is 0.0220. The van der Waals surface area contributed by atoms with Gasteiger partial charge in [-0.2, -0.15) is 5.26 Å². The molecule has 0 saturated heterocycles. The number of nitriles is 1. The highest BCUT2D eigenvalue weighted by atomic mass is 35.5. The Bertz CT molecular complexity index is 542. The Kier molecular flexibility index (Phi) is 5.31. The van der Waals surface area contributed by atoms with Crippen LogP contribution in [-0.2, 0) is 0 Å². The number of benzene rings is 1. The molecule has 1 atom stereocenters. The molecule has 1 aromatic carbocycles. The maximum atomic E-state index is 10.9. The molecule has 7 heteroatoms. The summed E-state index contributed by atoms with van der Waals surface area (Å²) >= 11 is 5.92. The standard InChI is InChI=1S/C13H16ClN3O3/c1-9(2)16-13(3,7-15)8-20-12-10(14)5-4-6-11(12)17(18)19/h4-6,9,16H,8H2,1-3H3. The number of nitrogens with one attached hydrogen (secondary N) is 1. The van der Waals surface area contributed by atoms with Crippen LogP contribution in [0.1, 0.15) is 20.8 Å².